The lowest BCUT2D eigenvalue weighted by molar-refractivity contribution is 0.0981. The van der Waals surface area contributed by atoms with Gasteiger partial charge in [0.05, 0.1) is 17.9 Å². The molecule has 0 spiro atoms. The number of nitrogens with zero attached hydrogens (tertiary/aromatic N) is 2. The van der Waals surface area contributed by atoms with Crippen LogP contribution in [0.4, 0.5) is 16.2 Å². The molecular formula is C22H28N4O3. The van der Waals surface area contributed by atoms with Crippen molar-refractivity contribution in [1.82, 2.24) is 9.88 Å². The Balaban J connectivity index is 1.55. The first-order valence-corrected chi connectivity index (χ1v) is 10.1. The fourth-order valence-electron chi connectivity index (χ4n) is 3.33. The number of rotatable bonds is 6. The van der Waals surface area contributed by atoms with Crippen LogP contribution in [0.15, 0.2) is 42.7 Å². The molecule has 0 saturated carbocycles. The Morgan fingerprint density at radius 2 is 1.83 bits per heavy atom. The van der Waals surface area contributed by atoms with E-state index in [0.717, 1.165) is 30.6 Å². The van der Waals surface area contributed by atoms with E-state index in [1.165, 1.54) is 5.56 Å². The summed E-state index contributed by atoms with van der Waals surface area (Å²) in [6.45, 7) is 5.59. The zero-order valence-electron chi connectivity index (χ0n) is 17.0. The van der Waals surface area contributed by atoms with Crippen LogP contribution in [0, 0.1) is 0 Å². The molecule has 154 valence electrons. The first kappa shape index (κ1) is 20.6. The molecule has 0 bridgehead atoms. The van der Waals surface area contributed by atoms with Gasteiger partial charge >= 0.3 is 6.09 Å². The molecule has 29 heavy (non-hydrogen) atoms. The number of likely N-dealkylation sites (tertiary alicyclic amines) is 1. The van der Waals surface area contributed by atoms with E-state index in [-0.39, 0.29) is 18.0 Å². The maximum atomic E-state index is 12.6. The molecule has 1 saturated heterocycles. The molecule has 1 fully saturated rings. The lowest BCUT2D eigenvalue weighted by Crippen LogP contribution is -2.42. The number of carbonyl (C=O) groups is 2. The topological polar surface area (TPSA) is 83.6 Å². The van der Waals surface area contributed by atoms with E-state index < -0.39 is 0 Å². The highest BCUT2D eigenvalue weighted by Gasteiger charge is 2.23. The molecule has 7 nitrogen and oxygen atoms in total. The van der Waals surface area contributed by atoms with Crippen LogP contribution < -0.4 is 10.6 Å². The zero-order valence-corrected chi connectivity index (χ0v) is 17.0. The molecule has 7 heteroatoms. The highest BCUT2D eigenvalue weighted by atomic mass is 16.6. The summed E-state index contributed by atoms with van der Waals surface area (Å²) in [5.41, 5.74) is 3.29. The Morgan fingerprint density at radius 1 is 1.10 bits per heavy atom. The van der Waals surface area contributed by atoms with Crippen molar-refractivity contribution < 1.29 is 14.3 Å². The number of amides is 2. The molecule has 2 heterocycles. The third kappa shape index (κ3) is 5.70. The second kappa shape index (κ2) is 9.91. The van der Waals surface area contributed by atoms with Gasteiger partial charge in [-0.25, -0.2) is 4.79 Å². The van der Waals surface area contributed by atoms with Gasteiger partial charge in [0.25, 0.3) is 5.91 Å². The number of aromatic nitrogens is 1. The number of aryl methyl sites for hydroxylation is 1. The summed E-state index contributed by atoms with van der Waals surface area (Å²) in [6.07, 6.45) is 5.62. The van der Waals surface area contributed by atoms with Crippen LogP contribution >= 0.6 is 0 Å². The maximum Gasteiger partial charge on any atom is 0.409 e. The Kier molecular flexibility index (Phi) is 7.05. The Morgan fingerprint density at radius 3 is 2.48 bits per heavy atom. The number of benzene rings is 1. The molecule has 2 N–H and O–H groups in total. The van der Waals surface area contributed by atoms with Gasteiger partial charge in [-0.3, -0.25) is 9.78 Å². The van der Waals surface area contributed by atoms with Gasteiger partial charge < -0.3 is 20.3 Å². The number of piperidine rings is 1. The van der Waals surface area contributed by atoms with E-state index in [2.05, 4.69) is 22.5 Å². The van der Waals surface area contributed by atoms with Crippen LogP contribution in [0.5, 0.6) is 0 Å². The van der Waals surface area contributed by atoms with Crippen LogP contribution in [0.1, 0.15) is 42.6 Å². The fraction of sp³-hybridized carbons (Fsp3) is 0.409. The molecule has 0 aliphatic carbocycles. The van der Waals surface area contributed by atoms with Crippen molar-refractivity contribution in [2.45, 2.75) is 39.2 Å². The van der Waals surface area contributed by atoms with E-state index in [4.69, 9.17) is 4.74 Å². The van der Waals surface area contributed by atoms with Crippen LogP contribution in [-0.4, -0.2) is 47.6 Å². The Bertz CT molecular complexity index is 830. The summed E-state index contributed by atoms with van der Waals surface area (Å²) in [6, 6.07) is 9.86. The van der Waals surface area contributed by atoms with Gasteiger partial charge in [0, 0.05) is 37.2 Å². The first-order chi connectivity index (χ1) is 14.1. The quantitative estimate of drug-likeness (QED) is 0.773. The molecular weight excluding hydrogens is 368 g/mol. The van der Waals surface area contributed by atoms with Crippen molar-refractivity contribution in [2.75, 3.05) is 30.3 Å². The maximum absolute atomic E-state index is 12.6. The average molecular weight is 396 g/mol. The Hall–Kier alpha value is -3.09. The molecule has 2 aromatic rings. The summed E-state index contributed by atoms with van der Waals surface area (Å²) < 4.78 is 5.05. The van der Waals surface area contributed by atoms with Crippen molar-refractivity contribution in [3.05, 3.63) is 53.9 Å². The van der Waals surface area contributed by atoms with Crippen molar-refractivity contribution in [1.29, 1.82) is 0 Å². The monoisotopic (exact) mass is 396 g/mol. The minimum Gasteiger partial charge on any atom is -0.450 e. The van der Waals surface area contributed by atoms with Crippen LogP contribution in [-0.2, 0) is 11.2 Å². The lowest BCUT2D eigenvalue weighted by atomic mass is 10.1. The second-order valence-corrected chi connectivity index (χ2v) is 7.07. The first-order valence-electron chi connectivity index (χ1n) is 10.1. The number of hydrogen-bond acceptors (Lipinski definition) is 5. The lowest BCUT2D eigenvalue weighted by Gasteiger charge is -2.32. The van der Waals surface area contributed by atoms with Crippen molar-refractivity contribution >= 4 is 23.4 Å². The predicted molar refractivity (Wildman–Crippen MR) is 113 cm³/mol. The van der Waals surface area contributed by atoms with Crippen molar-refractivity contribution in [3.8, 4) is 0 Å². The minimum atomic E-state index is -0.252. The summed E-state index contributed by atoms with van der Waals surface area (Å²) in [5.74, 6) is -0.192. The van der Waals surface area contributed by atoms with Gasteiger partial charge in [-0.1, -0.05) is 19.1 Å². The van der Waals surface area contributed by atoms with Crippen LogP contribution in [0.25, 0.3) is 0 Å². The molecule has 1 aromatic heterocycles. The predicted octanol–water partition coefficient (Wildman–Crippen LogP) is 3.93. The van der Waals surface area contributed by atoms with Crippen molar-refractivity contribution in [2.24, 2.45) is 0 Å². The van der Waals surface area contributed by atoms with E-state index >= 15 is 0 Å². The van der Waals surface area contributed by atoms with Crippen LogP contribution in [0.3, 0.4) is 0 Å². The average Bonchev–Trinajstić information content (AvgIpc) is 2.75. The highest BCUT2D eigenvalue weighted by Crippen LogP contribution is 2.18. The van der Waals surface area contributed by atoms with E-state index in [0.29, 0.717) is 25.3 Å². The SMILES string of the molecule is CCOC(=O)N1CCC(Nc2cncc(C(=O)Nc3ccc(CC)cc3)c2)CC1. The molecule has 0 atom stereocenters. The smallest absolute Gasteiger partial charge is 0.409 e. The normalized spacial score (nSPS) is 14.3. The van der Waals surface area contributed by atoms with E-state index in [1.54, 1.807) is 23.4 Å². The summed E-state index contributed by atoms with van der Waals surface area (Å²) in [5, 5.41) is 6.33. The van der Waals surface area contributed by atoms with Crippen LogP contribution in [0.2, 0.25) is 0 Å². The van der Waals surface area contributed by atoms with E-state index in [9.17, 15) is 9.59 Å². The van der Waals surface area contributed by atoms with Gasteiger partial charge in [0.1, 0.15) is 0 Å². The summed E-state index contributed by atoms with van der Waals surface area (Å²) >= 11 is 0. The molecule has 3 rings (SSSR count). The second-order valence-electron chi connectivity index (χ2n) is 7.07. The van der Waals surface area contributed by atoms with Gasteiger partial charge in [0.15, 0.2) is 0 Å². The largest absolute Gasteiger partial charge is 0.450 e. The number of nitrogens with one attached hydrogen (secondary N) is 2. The number of hydrogen-bond donors (Lipinski definition) is 2. The third-order valence-corrected chi connectivity index (χ3v) is 5.01. The minimum absolute atomic E-state index is 0.192. The zero-order chi connectivity index (χ0) is 20.6. The Labute approximate surface area is 171 Å². The molecule has 1 aliphatic heterocycles. The van der Waals surface area contributed by atoms with Gasteiger partial charge in [0.2, 0.25) is 0 Å². The van der Waals surface area contributed by atoms with Crippen molar-refractivity contribution in [3.63, 3.8) is 0 Å². The summed E-state index contributed by atoms with van der Waals surface area (Å²) in [4.78, 5) is 30.3. The van der Waals surface area contributed by atoms with Gasteiger partial charge in [-0.15, -0.1) is 0 Å². The number of anilines is 2. The molecule has 1 aromatic carbocycles. The molecule has 2 amide bonds. The fourth-order valence-corrected chi connectivity index (χ4v) is 3.33. The van der Waals surface area contributed by atoms with E-state index in [1.807, 2.05) is 31.2 Å². The number of pyridine rings is 1. The number of ether oxygens (including phenoxy) is 1. The molecule has 1 aliphatic rings. The standard InChI is InChI=1S/C22H28N4O3/c1-3-16-5-7-18(8-6-16)25-21(27)17-13-20(15-23-14-17)24-19-9-11-26(12-10-19)22(28)29-4-2/h5-8,13-15,19,24H,3-4,9-12H2,1-2H3,(H,25,27). The number of carbonyl (C=O) groups excluding carboxylic acids is 2. The highest BCUT2D eigenvalue weighted by molar-refractivity contribution is 6.04. The van der Waals surface area contributed by atoms with Gasteiger partial charge in [-0.05, 0) is 49.9 Å². The third-order valence-electron chi connectivity index (χ3n) is 5.01. The van der Waals surface area contributed by atoms with Gasteiger partial charge in [-0.2, -0.15) is 0 Å². The molecule has 0 unspecified atom stereocenters. The summed E-state index contributed by atoms with van der Waals surface area (Å²) in [7, 11) is 0. The molecule has 0 radical (unpaired) electrons.